The van der Waals surface area contributed by atoms with Crippen LogP contribution < -0.4 is 5.32 Å². The molecule has 7 nitrogen and oxygen atoms in total. The number of nitrogens with one attached hydrogen (secondary N) is 1. The number of aromatic nitrogens is 2. The quantitative estimate of drug-likeness (QED) is 0.523. The number of aliphatic carboxylic acids is 2. The maximum Gasteiger partial charge on any atom is 0.414 e. The lowest BCUT2D eigenvalue weighted by molar-refractivity contribution is -0.159. The lowest BCUT2D eigenvalue weighted by Gasteiger charge is -2.09. The van der Waals surface area contributed by atoms with Crippen LogP contribution in [0, 0.1) is 5.82 Å². The minimum absolute atomic E-state index is 0.212. The number of hydrogen-bond acceptors (Lipinski definition) is 4. The fraction of sp³-hybridized carbons (Fsp3) is 0.105. The monoisotopic (exact) mass is 449 g/mol. The van der Waals surface area contributed by atoms with Crippen LogP contribution in [-0.4, -0.2) is 31.7 Å². The van der Waals surface area contributed by atoms with Crippen molar-refractivity contribution in [3.63, 3.8) is 0 Å². The molecule has 0 bridgehead atoms. The van der Waals surface area contributed by atoms with E-state index in [1.165, 1.54) is 6.07 Å². The summed E-state index contributed by atoms with van der Waals surface area (Å²) in [5.41, 5.74) is 2.69. The zero-order valence-electron chi connectivity index (χ0n) is 14.8. The average Bonchev–Trinajstić information content (AvgIpc) is 3.02. The van der Waals surface area contributed by atoms with Crippen molar-refractivity contribution in [3.8, 4) is 11.3 Å². The molecule has 28 heavy (non-hydrogen) atoms. The molecule has 3 N–H and O–H groups in total. The largest absolute Gasteiger partial charge is 0.473 e. The van der Waals surface area contributed by atoms with Gasteiger partial charge in [-0.25, -0.2) is 19.0 Å². The van der Waals surface area contributed by atoms with E-state index >= 15 is 0 Å². The Bertz CT molecular complexity index is 979. The van der Waals surface area contributed by atoms with Crippen molar-refractivity contribution in [2.24, 2.45) is 7.05 Å². The summed E-state index contributed by atoms with van der Waals surface area (Å²) >= 11 is 3.47. The van der Waals surface area contributed by atoms with Crippen LogP contribution in [0.15, 0.2) is 59.2 Å². The van der Waals surface area contributed by atoms with Gasteiger partial charge >= 0.3 is 11.9 Å². The highest BCUT2D eigenvalue weighted by Gasteiger charge is 2.09. The second-order valence-corrected chi connectivity index (χ2v) is 6.51. The Labute approximate surface area is 168 Å². The predicted molar refractivity (Wildman–Crippen MR) is 105 cm³/mol. The molecule has 146 valence electrons. The van der Waals surface area contributed by atoms with Crippen LogP contribution in [0.25, 0.3) is 11.3 Å². The summed E-state index contributed by atoms with van der Waals surface area (Å²) in [6.07, 6.45) is 1.81. The summed E-state index contributed by atoms with van der Waals surface area (Å²) in [6.45, 7) is 0.398. The molecule has 0 saturated heterocycles. The number of anilines is 1. The smallest absolute Gasteiger partial charge is 0.414 e. The van der Waals surface area contributed by atoms with Gasteiger partial charge in [0.1, 0.15) is 5.82 Å². The Kier molecular flexibility index (Phi) is 7.28. The Hall–Kier alpha value is -3.20. The van der Waals surface area contributed by atoms with E-state index in [1.807, 2.05) is 48.1 Å². The van der Waals surface area contributed by atoms with Gasteiger partial charge in [0, 0.05) is 29.2 Å². The highest BCUT2D eigenvalue weighted by molar-refractivity contribution is 9.10. The Morgan fingerprint density at radius 2 is 1.82 bits per heavy atom. The van der Waals surface area contributed by atoms with Crippen molar-refractivity contribution in [3.05, 3.63) is 70.6 Å². The van der Waals surface area contributed by atoms with Gasteiger partial charge in [-0.1, -0.05) is 46.3 Å². The molecule has 2 aromatic carbocycles. The van der Waals surface area contributed by atoms with Gasteiger partial charge in [-0.05, 0) is 18.2 Å². The first-order valence-corrected chi connectivity index (χ1v) is 8.80. The van der Waals surface area contributed by atoms with Gasteiger partial charge in [0.2, 0.25) is 5.95 Å². The number of carboxylic acid groups (broad SMARTS) is 2. The van der Waals surface area contributed by atoms with Crippen LogP contribution in [-0.2, 0) is 23.2 Å². The number of imidazole rings is 1. The Balaban J connectivity index is 0.000000409. The third-order valence-electron chi connectivity index (χ3n) is 3.69. The molecule has 3 aromatic rings. The highest BCUT2D eigenvalue weighted by Crippen LogP contribution is 2.25. The molecule has 0 fully saturated rings. The van der Waals surface area contributed by atoms with E-state index in [1.54, 1.807) is 12.1 Å². The van der Waals surface area contributed by atoms with Crippen molar-refractivity contribution in [1.82, 2.24) is 9.55 Å². The maximum atomic E-state index is 13.6. The van der Waals surface area contributed by atoms with Gasteiger partial charge in [-0.2, -0.15) is 0 Å². The summed E-state index contributed by atoms with van der Waals surface area (Å²) in [7, 11) is 1.94. The number of rotatable bonds is 4. The van der Waals surface area contributed by atoms with E-state index in [-0.39, 0.29) is 5.82 Å². The fourth-order valence-electron chi connectivity index (χ4n) is 2.31. The summed E-state index contributed by atoms with van der Waals surface area (Å²) < 4.78 is 16.6. The van der Waals surface area contributed by atoms with E-state index in [4.69, 9.17) is 19.8 Å². The summed E-state index contributed by atoms with van der Waals surface area (Å²) in [6, 6.07) is 14.8. The van der Waals surface area contributed by atoms with Crippen LogP contribution in [0.3, 0.4) is 0 Å². The molecule has 0 saturated carbocycles. The lowest BCUT2D eigenvalue weighted by Crippen LogP contribution is -2.09. The van der Waals surface area contributed by atoms with E-state index in [0.29, 0.717) is 18.1 Å². The molecule has 1 heterocycles. The van der Waals surface area contributed by atoms with Gasteiger partial charge in [0.25, 0.3) is 0 Å². The van der Waals surface area contributed by atoms with Crippen molar-refractivity contribution >= 4 is 33.8 Å². The average molecular weight is 450 g/mol. The molecule has 0 amide bonds. The Morgan fingerprint density at radius 3 is 2.43 bits per heavy atom. The fourth-order valence-corrected chi connectivity index (χ4v) is 2.71. The molecule has 9 heteroatoms. The third kappa shape index (κ3) is 5.65. The first-order valence-electron chi connectivity index (χ1n) is 8.00. The van der Waals surface area contributed by atoms with Crippen LogP contribution in [0.2, 0.25) is 0 Å². The first kappa shape index (κ1) is 21.1. The molecular weight excluding hydrogens is 433 g/mol. The van der Waals surface area contributed by atoms with Crippen LogP contribution in [0.4, 0.5) is 10.3 Å². The van der Waals surface area contributed by atoms with Gasteiger partial charge < -0.3 is 20.1 Å². The molecule has 0 aliphatic carbocycles. The van der Waals surface area contributed by atoms with Crippen molar-refractivity contribution in [1.29, 1.82) is 0 Å². The number of carbonyl (C=O) groups is 2. The van der Waals surface area contributed by atoms with Crippen LogP contribution in [0.5, 0.6) is 0 Å². The van der Waals surface area contributed by atoms with Crippen molar-refractivity contribution < 1.29 is 24.2 Å². The maximum absolute atomic E-state index is 13.6. The topological polar surface area (TPSA) is 104 Å². The van der Waals surface area contributed by atoms with E-state index in [0.717, 1.165) is 15.7 Å². The molecule has 0 spiro atoms. The molecule has 1 aromatic heterocycles. The van der Waals surface area contributed by atoms with Gasteiger partial charge in [-0.3, -0.25) is 0 Å². The van der Waals surface area contributed by atoms with Crippen LogP contribution in [0.1, 0.15) is 5.56 Å². The number of benzene rings is 2. The van der Waals surface area contributed by atoms with E-state index < -0.39 is 11.9 Å². The van der Waals surface area contributed by atoms with Gasteiger partial charge in [0.05, 0.1) is 11.9 Å². The molecule has 3 rings (SSSR count). The molecule has 0 aliphatic rings. The Morgan fingerprint density at radius 1 is 1.14 bits per heavy atom. The predicted octanol–water partition coefficient (Wildman–Crippen LogP) is 3.76. The third-order valence-corrected chi connectivity index (χ3v) is 4.18. The number of carboxylic acids is 2. The minimum Gasteiger partial charge on any atom is -0.473 e. The zero-order chi connectivity index (χ0) is 20.7. The molecule has 0 radical (unpaired) electrons. The van der Waals surface area contributed by atoms with Crippen LogP contribution >= 0.6 is 15.9 Å². The summed E-state index contributed by atoms with van der Waals surface area (Å²) in [5.74, 6) is -3.15. The second-order valence-electron chi connectivity index (χ2n) is 5.59. The number of halogens is 2. The lowest BCUT2D eigenvalue weighted by atomic mass is 10.2. The number of nitrogens with zero attached hydrogens (tertiary/aromatic N) is 2. The van der Waals surface area contributed by atoms with E-state index in [9.17, 15) is 4.39 Å². The molecular formula is C19H17BrFN3O4. The van der Waals surface area contributed by atoms with Crippen molar-refractivity contribution in [2.45, 2.75) is 6.54 Å². The normalized spacial score (nSPS) is 9.96. The van der Waals surface area contributed by atoms with Crippen molar-refractivity contribution in [2.75, 3.05) is 5.32 Å². The van der Waals surface area contributed by atoms with Gasteiger partial charge in [-0.15, -0.1) is 0 Å². The summed E-state index contributed by atoms with van der Waals surface area (Å²) in [4.78, 5) is 22.6. The minimum atomic E-state index is -1.82. The standard InChI is InChI=1S/C17H15BrFN3.C2H2O4/c1-22-16(12-6-4-7-14(18)9-12)11-21-17(22)20-10-13-5-2-3-8-15(13)19;3-1(4)2(5)6/h2-9,11H,10H2,1H3,(H,20,21);(H,3,4)(H,5,6). The molecule has 0 atom stereocenters. The molecule has 0 unspecified atom stereocenters. The highest BCUT2D eigenvalue weighted by atomic mass is 79.9. The SMILES string of the molecule is Cn1c(-c2cccc(Br)c2)cnc1NCc1ccccc1F.O=C(O)C(=O)O. The summed E-state index contributed by atoms with van der Waals surface area (Å²) in [5, 5.41) is 18.0. The number of hydrogen-bond donors (Lipinski definition) is 3. The zero-order valence-corrected chi connectivity index (χ0v) is 16.4. The molecule has 0 aliphatic heterocycles. The second kappa shape index (κ2) is 9.65. The van der Waals surface area contributed by atoms with E-state index in [2.05, 4.69) is 26.2 Å². The van der Waals surface area contributed by atoms with Gasteiger partial charge in [0.15, 0.2) is 0 Å². The first-order chi connectivity index (χ1) is 13.3.